The molecule has 0 unspecified atom stereocenters. The molecule has 1 aromatic heterocycles. The van der Waals surface area contributed by atoms with Gasteiger partial charge in [-0.1, -0.05) is 6.07 Å². The Morgan fingerprint density at radius 2 is 2.14 bits per heavy atom. The van der Waals surface area contributed by atoms with Gasteiger partial charge >= 0.3 is 0 Å². The van der Waals surface area contributed by atoms with Gasteiger partial charge in [-0.2, -0.15) is 0 Å². The third-order valence-electron chi connectivity index (χ3n) is 4.33. The van der Waals surface area contributed by atoms with E-state index in [0.717, 1.165) is 40.7 Å². The lowest BCUT2D eigenvalue weighted by molar-refractivity contribution is -0.116. The number of amides is 1. The largest absolute Gasteiger partial charge is 0.348 e. The molecule has 2 aliphatic rings. The fourth-order valence-corrected chi connectivity index (χ4v) is 3.92. The first-order valence-electron chi connectivity index (χ1n) is 7.38. The normalized spacial score (nSPS) is 20.7. The Bertz CT molecular complexity index is 703. The van der Waals surface area contributed by atoms with Crippen LogP contribution in [0.15, 0.2) is 23.6 Å². The van der Waals surface area contributed by atoms with E-state index in [1.165, 1.54) is 12.8 Å². The van der Waals surface area contributed by atoms with Crippen molar-refractivity contribution in [3.63, 3.8) is 0 Å². The van der Waals surface area contributed by atoms with Gasteiger partial charge in [0.2, 0.25) is 5.91 Å². The van der Waals surface area contributed by atoms with Gasteiger partial charge in [-0.25, -0.2) is 4.98 Å². The monoisotopic (exact) mass is 299 g/mol. The van der Waals surface area contributed by atoms with E-state index in [0.29, 0.717) is 0 Å². The number of nitrogens with one attached hydrogen (secondary N) is 1. The fourth-order valence-electron chi connectivity index (χ4n) is 3.03. The minimum atomic E-state index is -0.0726. The SMILES string of the molecule is C[C@H]1C(=O)Nc2ccc(-c3csc(N4CCCC4)n3)cc21. The molecule has 108 valence electrons. The highest BCUT2D eigenvalue weighted by Crippen LogP contribution is 2.36. The summed E-state index contributed by atoms with van der Waals surface area (Å²) in [6, 6.07) is 6.13. The smallest absolute Gasteiger partial charge is 0.231 e. The lowest BCUT2D eigenvalue weighted by atomic mass is 10.00. The number of aromatic nitrogens is 1. The number of hydrogen-bond acceptors (Lipinski definition) is 4. The number of benzene rings is 1. The lowest BCUT2D eigenvalue weighted by Crippen LogP contribution is -2.17. The molecular formula is C16H17N3OS. The van der Waals surface area contributed by atoms with E-state index < -0.39 is 0 Å². The highest BCUT2D eigenvalue weighted by molar-refractivity contribution is 7.14. The van der Waals surface area contributed by atoms with Gasteiger partial charge in [0.25, 0.3) is 0 Å². The van der Waals surface area contributed by atoms with Crippen molar-refractivity contribution in [1.29, 1.82) is 0 Å². The molecule has 0 saturated carbocycles. The number of nitrogens with zero attached hydrogens (tertiary/aromatic N) is 2. The van der Waals surface area contributed by atoms with Crippen LogP contribution in [0.1, 0.15) is 31.2 Å². The molecule has 1 fully saturated rings. The number of hydrogen-bond donors (Lipinski definition) is 1. The Hall–Kier alpha value is -1.88. The van der Waals surface area contributed by atoms with Crippen molar-refractivity contribution in [3.05, 3.63) is 29.1 Å². The van der Waals surface area contributed by atoms with Gasteiger partial charge in [0.05, 0.1) is 11.6 Å². The minimum absolute atomic E-state index is 0.0726. The van der Waals surface area contributed by atoms with Crippen molar-refractivity contribution in [2.24, 2.45) is 0 Å². The van der Waals surface area contributed by atoms with Crippen LogP contribution in [0.5, 0.6) is 0 Å². The van der Waals surface area contributed by atoms with E-state index in [-0.39, 0.29) is 11.8 Å². The van der Waals surface area contributed by atoms with Crippen molar-refractivity contribution in [2.75, 3.05) is 23.3 Å². The maximum atomic E-state index is 11.7. The quantitative estimate of drug-likeness (QED) is 0.923. The molecule has 2 aliphatic heterocycles. The summed E-state index contributed by atoms with van der Waals surface area (Å²) in [5, 5.41) is 6.14. The summed E-state index contributed by atoms with van der Waals surface area (Å²) in [4.78, 5) is 18.9. The second-order valence-corrected chi connectivity index (χ2v) is 6.56. The number of carbonyl (C=O) groups excluding carboxylic acids is 1. The van der Waals surface area contributed by atoms with Crippen molar-refractivity contribution in [3.8, 4) is 11.3 Å². The zero-order valence-corrected chi connectivity index (χ0v) is 12.7. The molecule has 5 heteroatoms. The molecule has 0 radical (unpaired) electrons. The maximum Gasteiger partial charge on any atom is 0.231 e. The molecule has 4 nitrogen and oxygen atoms in total. The highest BCUT2D eigenvalue weighted by Gasteiger charge is 2.27. The van der Waals surface area contributed by atoms with Crippen molar-refractivity contribution in [2.45, 2.75) is 25.7 Å². The van der Waals surface area contributed by atoms with Crippen molar-refractivity contribution in [1.82, 2.24) is 4.98 Å². The maximum absolute atomic E-state index is 11.7. The van der Waals surface area contributed by atoms with Crippen LogP contribution in [-0.2, 0) is 4.79 Å². The Morgan fingerprint density at radius 1 is 1.33 bits per heavy atom. The van der Waals surface area contributed by atoms with Gasteiger partial charge in [0.15, 0.2) is 5.13 Å². The summed E-state index contributed by atoms with van der Waals surface area (Å²) in [6.07, 6.45) is 2.53. The topological polar surface area (TPSA) is 45.2 Å². The minimum Gasteiger partial charge on any atom is -0.348 e. The average molecular weight is 299 g/mol. The van der Waals surface area contributed by atoms with E-state index in [9.17, 15) is 4.79 Å². The van der Waals surface area contributed by atoms with Gasteiger partial charge in [-0.05, 0) is 37.5 Å². The van der Waals surface area contributed by atoms with E-state index in [1.807, 2.05) is 19.1 Å². The van der Waals surface area contributed by atoms with Gasteiger partial charge < -0.3 is 10.2 Å². The average Bonchev–Trinajstić information content (AvgIpc) is 3.20. The molecule has 1 N–H and O–H groups in total. The number of rotatable bonds is 2. The van der Waals surface area contributed by atoms with E-state index in [4.69, 9.17) is 4.98 Å². The number of thiazole rings is 1. The summed E-state index contributed by atoms with van der Waals surface area (Å²) in [5.74, 6) is 0.00909. The first-order chi connectivity index (χ1) is 10.2. The number of fused-ring (bicyclic) bond motifs is 1. The standard InChI is InChI=1S/C16H17N3OS/c1-10-12-8-11(4-5-13(12)17-15(10)20)14-9-21-16(18-14)19-6-2-3-7-19/h4-5,8-10H,2-3,6-7H2,1H3,(H,17,20)/t10-/m1/s1. The Kier molecular flexibility index (Phi) is 2.96. The molecule has 1 amide bonds. The Balaban J connectivity index is 1.67. The van der Waals surface area contributed by atoms with E-state index >= 15 is 0 Å². The fraction of sp³-hybridized carbons (Fsp3) is 0.375. The van der Waals surface area contributed by atoms with Crippen molar-refractivity contribution < 1.29 is 4.79 Å². The van der Waals surface area contributed by atoms with E-state index in [1.54, 1.807) is 11.3 Å². The molecule has 0 spiro atoms. The summed E-state index contributed by atoms with van der Waals surface area (Å²) < 4.78 is 0. The predicted molar refractivity (Wildman–Crippen MR) is 86.0 cm³/mol. The Morgan fingerprint density at radius 3 is 2.95 bits per heavy atom. The first kappa shape index (κ1) is 12.8. The van der Waals surface area contributed by atoms with Crippen molar-refractivity contribution >= 4 is 28.1 Å². The Labute approximate surface area is 127 Å². The van der Waals surface area contributed by atoms with Crippen LogP contribution in [0.3, 0.4) is 0 Å². The summed E-state index contributed by atoms with van der Waals surface area (Å²) in [6.45, 7) is 4.18. The van der Waals surface area contributed by atoms with Crippen LogP contribution < -0.4 is 10.2 Å². The molecule has 21 heavy (non-hydrogen) atoms. The van der Waals surface area contributed by atoms with Gasteiger partial charge in [-0.3, -0.25) is 4.79 Å². The van der Waals surface area contributed by atoms with Crippen LogP contribution in [0.2, 0.25) is 0 Å². The summed E-state index contributed by atoms with van der Waals surface area (Å²) >= 11 is 1.71. The molecule has 0 bridgehead atoms. The molecule has 0 aliphatic carbocycles. The molecule has 2 aromatic rings. The van der Waals surface area contributed by atoms with Crippen LogP contribution in [0.4, 0.5) is 10.8 Å². The second-order valence-electron chi connectivity index (χ2n) is 5.72. The van der Waals surface area contributed by atoms with Gasteiger partial charge in [0, 0.05) is 29.7 Å². The summed E-state index contributed by atoms with van der Waals surface area (Å²) in [5.41, 5.74) is 4.12. The van der Waals surface area contributed by atoms with Crippen LogP contribution in [-0.4, -0.2) is 24.0 Å². The molecule has 3 heterocycles. The molecule has 1 saturated heterocycles. The zero-order chi connectivity index (χ0) is 14.4. The third-order valence-corrected chi connectivity index (χ3v) is 5.24. The molecular weight excluding hydrogens is 282 g/mol. The number of anilines is 2. The van der Waals surface area contributed by atoms with Gasteiger partial charge in [-0.15, -0.1) is 11.3 Å². The van der Waals surface area contributed by atoms with Gasteiger partial charge in [0.1, 0.15) is 0 Å². The third kappa shape index (κ3) is 2.12. The molecule has 1 aromatic carbocycles. The number of carbonyl (C=O) groups is 1. The summed E-state index contributed by atoms with van der Waals surface area (Å²) in [7, 11) is 0. The van der Waals surface area contributed by atoms with E-state index in [2.05, 4.69) is 21.7 Å². The zero-order valence-electron chi connectivity index (χ0n) is 11.9. The first-order valence-corrected chi connectivity index (χ1v) is 8.26. The van der Waals surface area contributed by atoms with Crippen LogP contribution in [0.25, 0.3) is 11.3 Å². The van der Waals surface area contributed by atoms with Crippen LogP contribution in [0, 0.1) is 0 Å². The molecule has 4 rings (SSSR count). The lowest BCUT2D eigenvalue weighted by Gasteiger charge is -2.12. The molecule has 1 atom stereocenters. The predicted octanol–water partition coefficient (Wildman–Crippen LogP) is 3.47. The second kappa shape index (κ2) is 4.84. The highest BCUT2D eigenvalue weighted by atomic mass is 32.1. The van der Waals surface area contributed by atoms with Crippen LogP contribution >= 0.6 is 11.3 Å².